The van der Waals surface area contributed by atoms with E-state index in [-0.39, 0.29) is 23.7 Å². The number of nitrogens with one attached hydrogen (secondary N) is 1. The van der Waals surface area contributed by atoms with Gasteiger partial charge in [0.2, 0.25) is 5.91 Å². The average molecular weight is 399 g/mol. The van der Waals surface area contributed by atoms with Crippen molar-refractivity contribution in [3.63, 3.8) is 0 Å². The van der Waals surface area contributed by atoms with Crippen molar-refractivity contribution in [3.8, 4) is 11.5 Å². The molecule has 1 aliphatic rings. The van der Waals surface area contributed by atoms with Gasteiger partial charge in [-0.1, -0.05) is 12.1 Å². The van der Waals surface area contributed by atoms with Crippen LogP contribution < -0.4 is 26.0 Å². The first-order valence-electron chi connectivity index (χ1n) is 9.34. The Balaban J connectivity index is 1.53. The van der Waals surface area contributed by atoms with Crippen LogP contribution in [0.5, 0.6) is 11.5 Å². The van der Waals surface area contributed by atoms with E-state index < -0.39 is 11.2 Å². The fourth-order valence-corrected chi connectivity index (χ4v) is 3.21. The number of hydrogen-bond acceptors (Lipinski definition) is 5. The summed E-state index contributed by atoms with van der Waals surface area (Å²) in [6.07, 6.45) is 4.87. The summed E-state index contributed by atoms with van der Waals surface area (Å²) >= 11 is 0. The summed E-state index contributed by atoms with van der Waals surface area (Å²) in [4.78, 5) is 35.7. The molecule has 3 rings (SSSR count). The molecule has 154 valence electrons. The lowest BCUT2D eigenvalue weighted by molar-refractivity contribution is -0.116. The monoisotopic (exact) mass is 399 g/mol. The Morgan fingerprint density at radius 2 is 2.07 bits per heavy atom. The molecule has 0 unspecified atom stereocenters. The van der Waals surface area contributed by atoms with Crippen LogP contribution in [0.1, 0.15) is 25.0 Å². The maximum absolute atomic E-state index is 12.0. The number of aryl methyl sites for hydroxylation is 1. The second-order valence-electron chi connectivity index (χ2n) is 7.60. The normalized spacial score (nSPS) is 14.5. The maximum Gasteiger partial charge on any atom is 0.330 e. The van der Waals surface area contributed by atoms with Crippen LogP contribution in [0.4, 0.5) is 0 Å². The molecular weight excluding hydrogens is 374 g/mol. The third-order valence-electron chi connectivity index (χ3n) is 4.60. The number of carbonyl (C=O) groups is 1. The molecule has 1 amide bonds. The summed E-state index contributed by atoms with van der Waals surface area (Å²) in [7, 11) is 2.94. The lowest BCUT2D eigenvalue weighted by Crippen LogP contribution is -2.37. The van der Waals surface area contributed by atoms with E-state index in [0.717, 1.165) is 22.3 Å². The van der Waals surface area contributed by atoms with E-state index in [1.807, 2.05) is 32.0 Å². The first kappa shape index (κ1) is 20.4. The first-order chi connectivity index (χ1) is 13.7. The first-order valence-corrected chi connectivity index (χ1v) is 9.34. The van der Waals surface area contributed by atoms with Crippen LogP contribution in [-0.2, 0) is 25.3 Å². The number of amides is 1. The van der Waals surface area contributed by atoms with E-state index in [9.17, 15) is 14.4 Å². The Bertz CT molecular complexity index is 1080. The van der Waals surface area contributed by atoms with Crippen LogP contribution in [0.3, 0.4) is 0 Å². The third kappa shape index (κ3) is 4.59. The number of ether oxygens (including phenoxy) is 2. The number of rotatable bonds is 6. The third-order valence-corrected chi connectivity index (χ3v) is 4.60. The van der Waals surface area contributed by atoms with Gasteiger partial charge in [0, 0.05) is 38.4 Å². The molecule has 0 bridgehead atoms. The van der Waals surface area contributed by atoms with Gasteiger partial charge in [0.1, 0.15) is 12.2 Å². The van der Waals surface area contributed by atoms with Crippen LogP contribution in [0.25, 0.3) is 6.08 Å². The number of carbonyl (C=O) groups excluding carboxylic acids is 1. The molecular formula is C21H25N3O5. The Labute approximate surface area is 168 Å². The Morgan fingerprint density at radius 3 is 2.83 bits per heavy atom. The van der Waals surface area contributed by atoms with Crippen molar-refractivity contribution in [1.29, 1.82) is 0 Å². The summed E-state index contributed by atoms with van der Waals surface area (Å²) in [6, 6.07) is 5.79. The molecule has 8 nitrogen and oxygen atoms in total. The van der Waals surface area contributed by atoms with E-state index in [2.05, 4.69) is 5.32 Å². The minimum atomic E-state index is -0.457. The summed E-state index contributed by atoms with van der Waals surface area (Å²) in [5.41, 5.74) is 0.229. The molecule has 1 N–H and O–H groups in total. The van der Waals surface area contributed by atoms with Crippen molar-refractivity contribution in [2.75, 3.05) is 13.2 Å². The number of nitrogens with zero attached hydrogens (tertiary/aromatic N) is 2. The van der Waals surface area contributed by atoms with Crippen LogP contribution in [-0.4, -0.2) is 33.8 Å². The Kier molecular flexibility index (Phi) is 5.63. The molecule has 1 aliphatic heterocycles. The molecule has 29 heavy (non-hydrogen) atoms. The average Bonchev–Trinajstić information content (AvgIpc) is 3.00. The minimum Gasteiger partial charge on any atom is -0.488 e. The van der Waals surface area contributed by atoms with Crippen molar-refractivity contribution in [1.82, 2.24) is 14.5 Å². The predicted molar refractivity (Wildman–Crippen MR) is 109 cm³/mol. The van der Waals surface area contributed by atoms with Gasteiger partial charge >= 0.3 is 5.69 Å². The van der Waals surface area contributed by atoms with Gasteiger partial charge in [-0.25, -0.2) is 4.79 Å². The highest BCUT2D eigenvalue weighted by Crippen LogP contribution is 2.41. The molecule has 0 aliphatic carbocycles. The molecule has 2 heterocycles. The smallest absolute Gasteiger partial charge is 0.330 e. The lowest BCUT2D eigenvalue weighted by Gasteiger charge is -2.18. The van der Waals surface area contributed by atoms with E-state index in [4.69, 9.17) is 9.47 Å². The SMILES string of the molecule is Cn1cc(C=CC(=O)NCCOc2cccc3c2OC(C)(C)C3)c(=O)n(C)c1=O. The van der Waals surface area contributed by atoms with Gasteiger partial charge in [0.15, 0.2) is 11.5 Å². The molecule has 0 fully saturated rings. The van der Waals surface area contributed by atoms with Gasteiger partial charge in [0.25, 0.3) is 5.56 Å². The van der Waals surface area contributed by atoms with Gasteiger partial charge in [-0.15, -0.1) is 0 Å². The number of fused-ring (bicyclic) bond motifs is 1. The van der Waals surface area contributed by atoms with Gasteiger partial charge in [0.05, 0.1) is 12.1 Å². The highest BCUT2D eigenvalue weighted by atomic mass is 16.5. The molecule has 0 atom stereocenters. The maximum atomic E-state index is 12.0. The van der Waals surface area contributed by atoms with Crippen molar-refractivity contribution >= 4 is 12.0 Å². The summed E-state index contributed by atoms with van der Waals surface area (Å²) in [5.74, 6) is 1.06. The van der Waals surface area contributed by atoms with Crippen LogP contribution >= 0.6 is 0 Å². The van der Waals surface area contributed by atoms with Crippen LogP contribution in [0.2, 0.25) is 0 Å². The fourth-order valence-electron chi connectivity index (χ4n) is 3.21. The number of para-hydroxylation sites is 1. The Morgan fingerprint density at radius 1 is 1.31 bits per heavy atom. The molecule has 1 aromatic heterocycles. The zero-order chi connectivity index (χ0) is 21.2. The number of aromatic nitrogens is 2. The van der Waals surface area contributed by atoms with E-state index in [0.29, 0.717) is 12.3 Å². The zero-order valence-electron chi connectivity index (χ0n) is 17.0. The van der Waals surface area contributed by atoms with Gasteiger partial charge in [-0.3, -0.25) is 14.2 Å². The van der Waals surface area contributed by atoms with Gasteiger partial charge in [-0.05, 0) is 26.0 Å². The summed E-state index contributed by atoms with van der Waals surface area (Å²) in [5, 5.41) is 2.70. The topological polar surface area (TPSA) is 91.6 Å². The molecule has 0 spiro atoms. The molecule has 1 aromatic carbocycles. The highest BCUT2D eigenvalue weighted by molar-refractivity contribution is 5.91. The minimum absolute atomic E-state index is 0.251. The number of benzene rings is 1. The van der Waals surface area contributed by atoms with Crippen molar-refractivity contribution in [2.24, 2.45) is 14.1 Å². The quantitative estimate of drug-likeness (QED) is 0.578. The van der Waals surface area contributed by atoms with E-state index in [1.165, 1.54) is 30.0 Å². The number of hydrogen-bond donors (Lipinski definition) is 1. The van der Waals surface area contributed by atoms with Crippen LogP contribution in [0.15, 0.2) is 40.1 Å². The zero-order valence-corrected chi connectivity index (χ0v) is 17.0. The van der Waals surface area contributed by atoms with Crippen LogP contribution in [0, 0.1) is 0 Å². The molecule has 0 saturated heterocycles. The van der Waals surface area contributed by atoms with Crippen molar-refractivity contribution in [2.45, 2.75) is 25.9 Å². The molecule has 2 aromatic rings. The standard InChI is InChI=1S/C21H25N3O5/c1-21(2)12-14-6-5-7-16(18(14)29-21)28-11-10-22-17(25)9-8-15-13-23(3)20(27)24(4)19(15)26/h5-9,13H,10-12H2,1-4H3,(H,22,25). The molecule has 0 radical (unpaired) electrons. The Hall–Kier alpha value is -3.29. The van der Waals surface area contributed by atoms with E-state index in [1.54, 1.807) is 7.05 Å². The fraction of sp³-hybridized carbons (Fsp3) is 0.381. The largest absolute Gasteiger partial charge is 0.488 e. The molecule has 0 saturated carbocycles. The van der Waals surface area contributed by atoms with E-state index >= 15 is 0 Å². The molecule has 8 heteroatoms. The summed E-state index contributed by atoms with van der Waals surface area (Å²) < 4.78 is 14.0. The second-order valence-corrected chi connectivity index (χ2v) is 7.60. The van der Waals surface area contributed by atoms with Crippen molar-refractivity contribution < 1.29 is 14.3 Å². The van der Waals surface area contributed by atoms with Gasteiger partial charge < -0.3 is 19.4 Å². The van der Waals surface area contributed by atoms with Crippen molar-refractivity contribution in [3.05, 3.63) is 62.4 Å². The lowest BCUT2D eigenvalue weighted by atomic mass is 10.0. The second kappa shape index (κ2) is 7.98. The predicted octanol–water partition coefficient (Wildman–Crippen LogP) is 1.01. The van der Waals surface area contributed by atoms with Gasteiger partial charge in [-0.2, -0.15) is 0 Å². The summed E-state index contributed by atoms with van der Waals surface area (Å²) in [6.45, 7) is 4.63. The highest BCUT2D eigenvalue weighted by Gasteiger charge is 2.32.